The molecule has 0 aliphatic carbocycles. The van der Waals surface area contributed by atoms with Crippen LogP contribution in [0.4, 0.5) is 4.79 Å². The Bertz CT molecular complexity index is 656. The third-order valence-corrected chi connectivity index (χ3v) is 4.88. The second kappa shape index (κ2) is 9.92. The van der Waals surface area contributed by atoms with Crippen molar-refractivity contribution < 1.29 is 19.4 Å². The average Bonchev–Trinajstić information content (AvgIpc) is 2.59. The van der Waals surface area contributed by atoms with Crippen LogP contribution >= 0.6 is 11.6 Å². The first-order valence-corrected chi connectivity index (χ1v) is 9.47. The van der Waals surface area contributed by atoms with E-state index in [2.05, 4.69) is 5.32 Å². The minimum atomic E-state index is -0.887. The molecule has 0 saturated carbocycles. The van der Waals surface area contributed by atoms with Gasteiger partial charge in [-0.25, -0.2) is 4.79 Å². The van der Waals surface area contributed by atoms with Gasteiger partial charge in [0.25, 0.3) is 0 Å². The Morgan fingerprint density at radius 2 is 2.11 bits per heavy atom. The van der Waals surface area contributed by atoms with E-state index >= 15 is 0 Å². The smallest absolute Gasteiger partial charge is 0.318 e. The van der Waals surface area contributed by atoms with Crippen molar-refractivity contribution in [2.24, 2.45) is 5.92 Å². The lowest BCUT2D eigenvalue weighted by Gasteiger charge is -2.36. The van der Waals surface area contributed by atoms with Crippen LogP contribution in [-0.4, -0.2) is 72.8 Å². The van der Waals surface area contributed by atoms with E-state index in [1.165, 1.54) is 0 Å². The maximum Gasteiger partial charge on any atom is 0.318 e. The van der Waals surface area contributed by atoms with Gasteiger partial charge in [0.15, 0.2) is 0 Å². The predicted octanol–water partition coefficient (Wildman–Crippen LogP) is 2.46. The van der Waals surface area contributed by atoms with Crippen LogP contribution in [0.25, 0.3) is 0 Å². The molecule has 1 aliphatic heterocycles. The molecule has 150 valence electrons. The first-order chi connectivity index (χ1) is 12.8. The number of nitrogens with zero attached hydrogens (tertiary/aromatic N) is 2. The quantitative estimate of drug-likeness (QED) is 0.738. The normalized spacial score (nSPS) is 18.6. The van der Waals surface area contributed by atoms with Gasteiger partial charge in [-0.15, -0.1) is 0 Å². The number of likely N-dealkylation sites (N-methyl/N-ethyl adjacent to an activating group) is 1. The highest BCUT2D eigenvalue weighted by Crippen LogP contribution is 2.28. The standard InChI is InChI=1S/C19H28ClN3O4/c1-13(2)18(15-6-4-5-7-16(15)20)21-19(26)23-8-9-27-14(11-23)10-22(3)12-17(24)25/h4-7,13-14,18H,8-12H2,1-3H3,(H,21,26)(H,24,25). The predicted molar refractivity (Wildman–Crippen MR) is 104 cm³/mol. The van der Waals surface area contributed by atoms with Gasteiger partial charge < -0.3 is 20.1 Å². The van der Waals surface area contributed by atoms with E-state index in [0.29, 0.717) is 31.3 Å². The molecule has 1 aromatic rings. The molecule has 8 heteroatoms. The van der Waals surface area contributed by atoms with Crippen molar-refractivity contribution in [3.05, 3.63) is 34.9 Å². The number of amides is 2. The number of aliphatic carboxylic acids is 1. The molecule has 1 saturated heterocycles. The zero-order valence-electron chi connectivity index (χ0n) is 16.0. The van der Waals surface area contributed by atoms with Crippen molar-refractivity contribution in [1.29, 1.82) is 0 Å². The SMILES string of the molecule is CC(C)C(NC(=O)N1CCOC(CN(C)CC(=O)O)C1)c1ccccc1Cl. The minimum Gasteiger partial charge on any atom is -0.480 e. The Balaban J connectivity index is 1.99. The Hall–Kier alpha value is -1.83. The second-order valence-corrected chi connectivity index (χ2v) is 7.63. The van der Waals surface area contributed by atoms with Crippen LogP contribution in [0.1, 0.15) is 25.5 Å². The summed E-state index contributed by atoms with van der Waals surface area (Å²) < 4.78 is 5.69. The molecule has 1 heterocycles. The summed E-state index contributed by atoms with van der Waals surface area (Å²) in [6.45, 7) is 5.82. The van der Waals surface area contributed by atoms with Gasteiger partial charge in [0.05, 0.1) is 25.3 Å². The molecule has 7 nitrogen and oxygen atoms in total. The molecular formula is C19H28ClN3O4. The van der Waals surface area contributed by atoms with Crippen LogP contribution in [0.15, 0.2) is 24.3 Å². The number of urea groups is 1. The second-order valence-electron chi connectivity index (χ2n) is 7.22. The van der Waals surface area contributed by atoms with Crippen molar-refractivity contribution in [2.75, 3.05) is 39.8 Å². The maximum absolute atomic E-state index is 12.8. The largest absolute Gasteiger partial charge is 0.480 e. The summed E-state index contributed by atoms with van der Waals surface area (Å²) in [7, 11) is 1.72. The molecule has 0 spiro atoms. The number of carbonyl (C=O) groups is 2. The highest BCUT2D eigenvalue weighted by Gasteiger charge is 2.28. The van der Waals surface area contributed by atoms with Crippen molar-refractivity contribution in [2.45, 2.75) is 26.0 Å². The monoisotopic (exact) mass is 397 g/mol. The van der Waals surface area contributed by atoms with E-state index < -0.39 is 5.97 Å². The summed E-state index contributed by atoms with van der Waals surface area (Å²) in [5.74, 6) is -0.713. The molecular weight excluding hydrogens is 370 g/mol. The summed E-state index contributed by atoms with van der Waals surface area (Å²) in [6, 6.07) is 7.17. The molecule has 0 aromatic heterocycles. The van der Waals surface area contributed by atoms with Gasteiger partial charge in [0, 0.05) is 24.7 Å². The number of halogens is 1. The van der Waals surface area contributed by atoms with Crippen molar-refractivity contribution >= 4 is 23.6 Å². The fourth-order valence-corrected chi connectivity index (χ4v) is 3.47. The highest BCUT2D eigenvalue weighted by atomic mass is 35.5. The van der Waals surface area contributed by atoms with Gasteiger partial charge in [-0.3, -0.25) is 9.69 Å². The minimum absolute atomic E-state index is 0.0615. The van der Waals surface area contributed by atoms with Gasteiger partial charge in [0.2, 0.25) is 0 Å². The molecule has 1 aromatic carbocycles. The van der Waals surface area contributed by atoms with E-state index in [9.17, 15) is 9.59 Å². The number of carbonyl (C=O) groups excluding carboxylic acids is 1. The van der Waals surface area contributed by atoms with Crippen LogP contribution in [0.3, 0.4) is 0 Å². The first-order valence-electron chi connectivity index (χ1n) is 9.09. The zero-order valence-corrected chi connectivity index (χ0v) is 16.8. The molecule has 2 unspecified atom stereocenters. The topological polar surface area (TPSA) is 82.1 Å². The highest BCUT2D eigenvalue weighted by molar-refractivity contribution is 6.31. The van der Waals surface area contributed by atoms with Gasteiger partial charge >= 0.3 is 12.0 Å². The Morgan fingerprint density at radius 1 is 1.41 bits per heavy atom. The van der Waals surface area contributed by atoms with E-state index in [4.69, 9.17) is 21.4 Å². The number of carboxylic acid groups (broad SMARTS) is 1. The van der Waals surface area contributed by atoms with E-state index in [1.54, 1.807) is 16.8 Å². The number of hydrogen-bond acceptors (Lipinski definition) is 4. The fraction of sp³-hybridized carbons (Fsp3) is 0.579. The van der Waals surface area contributed by atoms with Crippen LogP contribution in [0.5, 0.6) is 0 Å². The lowest BCUT2D eigenvalue weighted by Crippen LogP contribution is -2.53. The molecule has 2 N–H and O–H groups in total. The number of morpholine rings is 1. The summed E-state index contributed by atoms with van der Waals surface area (Å²) >= 11 is 6.32. The van der Waals surface area contributed by atoms with Crippen LogP contribution in [-0.2, 0) is 9.53 Å². The lowest BCUT2D eigenvalue weighted by atomic mass is 9.96. The molecule has 2 rings (SSSR count). The number of hydrogen-bond donors (Lipinski definition) is 2. The molecule has 1 aliphatic rings. The van der Waals surface area contributed by atoms with E-state index in [-0.39, 0.29) is 30.6 Å². The number of carboxylic acids is 1. The first kappa shape index (κ1) is 21.5. The third kappa shape index (κ3) is 6.37. The molecule has 0 bridgehead atoms. The summed E-state index contributed by atoms with van der Waals surface area (Å²) in [5, 5.41) is 12.6. The number of benzene rings is 1. The fourth-order valence-electron chi connectivity index (χ4n) is 3.21. The van der Waals surface area contributed by atoms with Gasteiger partial charge in [-0.05, 0) is 24.6 Å². The Labute approximate surface area is 165 Å². The Kier molecular flexibility index (Phi) is 7.89. The summed E-state index contributed by atoms with van der Waals surface area (Å²) in [5.41, 5.74) is 0.897. The lowest BCUT2D eigenvalue weighted by molar-refractivity contribution is -0.138. The van der Waals surface area contributed by atoms with Crippen LogP contribution < -0.4 is 5.32 Å². The Morgan fingerprint density at radius 3 is 2.74 bits per heavy atom. The number of nitrogens with one attached hydrogen (secondary N) is 1. The van der Waals surface area contributed by atoms with E-state index in [1.807, 2.05) is 38.1 Å². The average molecular weight is 398 g/mol. The van der Waals surface area contributed by atoms with Crippen molar-refractivity contribution in [1.82, 2.24) is 15.1 Å². The molecule has 1 fully saturated rings. The van der Waals surface area contributed by atoms with Crippen molar-refractivity contribution in [3.8, 4) is 0 Å². The molecule has 2 atom stereocenters. The maximum atomic E-state index is 12.8. The van der Waals surface area contributed by atoms with Gasteiger partial charge in [-0.1, -0.05) is 43.6 Å². The van der Waals surface area contributed by atoms with Gasteiger partial charge in [0.1, 0.15) is 0 Å². The summed E-state index contributed by atoms with van der Waals surface area (Å²) in [4.78, 5) is 27.0. The van der Waals surface area contributed by atoms with Crippen LogP contribution in [0.2, 0.25) is 5.02 Å². The number of rotatable bonds is 7. The molecule has 0 radical (unpaired) electrons. The van der Waals surface area contributed by atoms with Gasteiger partial charge in [-0.2, -0.15) is 0 Å². The number of ether oxygens (including phenoxy) is 1. The van der Waals surface area contributed by atoms with E-state index in [0.717, 1.165) is 5.56 Å². The molecule has 27 heavy (non-hydrogen) atoms. The molecule has 2 amide bonds. The summed E-state index contributed by atoms with van der Waals surface area (Å²) in [6.07, 6.45) is -0.216. The van der Waals surface area contributed by atoms with Crippen molar-refractivity contribution in [3.63, 3.8) is 0 Å². The van der Waals surface area contributed by atoms with Crippen LogP contribution in [0, 0.1) is 5.92 Å². The third-order valence-electron chi connectivity index (χ3n) is 4.53. The zero-order chi connectivity index (χ0) is 20.0.